The van der Waals surface area contributed by atoms with Crippen LogP contribution in [0.15, 0.2) is 18.5 Å². The third-order valence-corrected chi connectivity index (χ3v) is 5.44. The van der Waals surface area contributed by atoms with Gasteiger partial charge in [0.25, 0.3) is 0 Å². The van der Waals surface area contributed by atoms with Crippen molar-refractivity contribution in [3.63, 3.8) is 0 Å². The van der Waals surface area contributed by atoms with Crippen LogP contribution in [0.2, 0.25) is 0 Å². The van der Waals surface area contributed by atoms with Crippen LogP contribution in [0, 0.1) is 0 Å². The maximum absolute atomic E-state index is 12.6. The molecule has 1 N–H and O–H groups in total. The number of hydrogen-bond acceptors (Lipinski definition) is 3. The lowest BCUT2D eigenvalue weighted by Crippen LogP contribution is -2.53. The zero-order valence-electron chi connectivity index (χ0n) is 13.6. The first kappa shape index (κ1) is 15.5. The van der Waals surface area contributed by atoms with E-state index in [0.717, 1.165) is 13.0 Å². The van der Waals surface area contributed by atoms with E-state index >= 15 is 0 Å². The van der Waals surface area contributed by atoms with E-state index in [9.17, 15) is 4.79 Å². The van der Waals surface area contributed by atoms with Crippen molar-refractivity contribution in [2.75, 3.05) is 19.6 Å². The predicted molar refractivity (Wildman–Crippen MR) is 86.6 cm³/mol. The summed E-state index contributed by atoms with van der Waals surface area (Å²) in [5.74, 6) is 0.108. The number of aromatic nitrogens is 2. The van der Waals surface area contributed by atoms with Crippen molar-refractivity contribution in [3.8, 4) is 0 Å². The molecule has 1 aromatic rings. The summed E-state index contributed by atoms with van der Waals surface area (Å²) < 4.78 is 1.77. The second kappa shape index (κ2) is 6.82. The van der Waals surface area contributed by atoms with Gasteiger partial charge in [-0.3, -0.25) is 14.4 Å². The Morgan fingerprint density at radius 2 is 2.00 bits per heavy atom. The van der Waals surface area contributed by atoms with Gasteiger partial charge in [0.15, 0.2) is 0 Å². The SMILES string of the molecule is CCC(C(=O)NCC1(N2CCCC2)CCCC1)n1cccn1. The first-order chi connectivity index (χ1) is 10.7. The Balaban J connectivity index is 1.63. The van der Waals surface area contributed by atoms with Gasteiger partial charge in [0.05, 0.1) is 0 Å². The number of rotatable bonds is 6. The summed E-state index contributed by atoms with van der Waals surface area (Å²) in [7, 11) is 0. The lowest BCUT2D eigenvalue weighted by atomic mass is 9.95. The van der Waals surface area contributed by atoms with Crippen LogP contribution in [0.5, 0.6) is 0 Å². The monoisotopic (exact) mass is 304 g/mol. The summed E-state index contributed by atoms with van der Waals surface area (Å²) in [6.45, 7) is 5.24. The van der Waals surface area contributed by atoms with E-state index in [0.29, 0.717) is 0 Å². The molecule has 2 heterocycles. The minimum absolute atomic E-state index is 0.108. The Morgan fingerprint density at radius 3 is 2.59 bits per heavy atom. The lowest BCUT2D eigenvalue weighted by Gasteiger charge is -2.39. The molecule has 0 spiro atoms. The van der Waals surface area contributed by atoms with Crippen LogP contribution < -0.4 is 5.32 Å². The number of nitrogens with zero attached hydrogens (tertiary/aromatic N) is 3. The Bertz CT molecular complexity index is 473. The molecular formula is C17H28N4O. The summed E-state index contributed by atoms with van der Waals surface area (Å²) in [5.41, 5.74) is 0.217. The average Bonchev–Trinajstić information content (AvgIpc) is 3.27. The molecule has 2 aliphatic rings. The van der Waals surface area contributed by atoms with Crippen molar-refractivity contribution in [2.45, 2.75) is 63.5 Å². The van der Waals surface area contributed by atoms with Crippen molar-refractivity contribution in [1.82, 2.24) is 20.0 Å². The molecule has 1 aliphatic carbocycles. The van der Waals surface area contributed by atoms with Gasteiger partial charge in [0, 0.05) is 24.5 Å². The molecule has 1 aromatic heterocycles. The highest BCUT2D eigenvalue weighted by molar-refractivity contribution is 5.80. The van der Waals surface area contributed by atoms with Gasteiger partial charge in [0.2, 0.25) is 5.91 Å². The van der Waals surface area contributed by atoms with Gasteiger partial charge >= 0.3 is 0 Å². The van der Waals surface area contributed by atoms with Crippen molar-refractivity contribution < 1.29 is 4.79 Å². The van der Waals surface area contributed by atoms with Crippen LogP contribution in [0.3, 0.4) is 0 Å². The zero-order chi connectivity index (χ0) is 15.4. The maximum Gasteiger partial charge on any atom is 0.244 e. The number of carbonyl (C=O) groups excluding carboxylic acids is 1. The third-order valence-electron chi connectivity index (χ3n) is 5.44. The van der Waals surface area contributed by atoms with Crippen molar-refractivity contribution in [3.05, 3.63) is 18.5 Å². The molecule has 1 amide bonds. The Labute approximate surface area is 133 Å². The molecule has 0 aromatic carbocycles. The molecular weight excluding hydrogens is 276 g/mol. The molecule has 1 aliphatic heterocycles. The fourth-order valence-corrected chi connectivity index (χ4v) is 4.16. The van der Waals surface area contributed by atoms with Gasteiger partial charge in [-0.05, 0) is 51.3 Å². The van der Waals surface area contributed by atoms with E-state index < -0.39 is 0 Å². The minimum Gasteiger partial charge on any atom is -0.352 e. The molecule has 1 saturated heterocycles. The number of carbonyl (C=O) groups is 1. The normalized spacial score (nSPS) is 22.8. The quantitative estimate of drug-likeness (QED) is 0.878. The van der Waals surface area contributed by atoms with E-state index in [2.05, 4.69) is 15.3 Å². The lowest BCUT2D eigenvalue weighted by molar-refractivity contribution is -0.125. The minimum atomic E-state index is -0.188. The molecule has 1 saturated carbocycles. The molecule has 2 fully saturated rings. The molecule has 3 rings (SSSR count). The van der Waals surface area contributed by atoms with Crippen molar-refractivity contribution in [2.24, 2.45) is 0 Å². The van der Waals surface area contributed by atoms with Crippen LogP contribution in [-0.2, 0) is 4.79 Å². The smallest absolute Gasteiger partial charge is 0.244 e. The summed E-state index contributed by atoms with van der Waals surface area (Å²) >= 11 is 0. The fourth-order valence-electron chi connectivity index (χ4n) is 4.16. The molecule has 5 heteroatoms. The molecule has 122 valence electrons. The standard InChI is InChI=1S/C17H28N4O/c1-2-15(21-13-7-10-19-21)16(22)18-14-17(8-3-4-9-17)20-11-5-6-12-20/h7,10,13,15H,2-6,8-9,11-12,14H2,1H3,(H,18,22). The number of likely N-dealkylation sites (tertiary alicyclic amines) is 1. The molecule has 5 nitrogen and oxygen atoms in total. The highest BCUT2D eigenvalue weighted by atomic mass is 16.2. The first-order valence-corrected chi connectivity index (χ1v) is 8.77. The van der Waals surface area contributed by atoms with Crippen LogP contribution in [0.4, 0.5) is 0 Å². The maximum atomic E-state index is 12.6. The average molecular weight is 304 g/mol. The van der Waals surface area contributed by atoms with E-state index in [4.69, 9.17) is 0 Å². The van der Waals surface area contributed by atoms with Crippen molar-refractivity contribution >= 4 is 5.91 Å². The summed E-state index contributed by atoms with van der Waals surface area (Å²) in [5, 5.41) is 7.47. The number of hydrogen-bond donors (Lipinski definition) is 1. The van der Waals surface area contributed by atoms with Crippen molar-refractivity contribution in [1.29, 1.82) is 0 Å². The van der Waals surface area contributed by atoms with Gasteiger partial charge in [0.1, 0.15) is 6.04 Å². The third kappa shape index (κ3) is 3.05. The van der Waals surface area contributed by atoms with E-state index in [1.165, 1.54) is 51.6 Å². The van der Waals surface area contributed by atoms with Crippen LogP contribution in [0.25, 0.3) is 0 Å². The topological polar surface area (TPSA) is 50.2 Å². The molecule has 1 unspecified atom stereocenters. The number of amides is 1. The second-order valence-electron chi connectivity index (χ2n) is 6.75. The van der Waals surface area contributed by atoms with Gasteiger partial charge in [-0.25, -0.2) is 0 Å². The Kier molecular flexibility index (Phi) is 4.81. The van der Waals surface area contributed by atoms with Crippen LogP contribution in [0.1, 0.15) is 57.9 Å². The van der Waals surface area contributed by atoms with Gasteiger partial charge < -0.3 is 5.32 Å². The van der Waals surface area contributed by atoms with Crippen LogP contribution in [-0.4, -0.2) is 45.8 Å². The van der Waals surface area contributed by atoms with Gasteiger partial charge in [-0.1, -0.05) is 19.8 Å². The summed E-state index contributed by atoms with van der Waals surface area (Å²) in [6.07, 6.45) is 12.0. The Hall–Kier alpha value is -1.36. The number of nitrogens with one attached hydrogen (secondary N) is 1. The van der Waals surface area contributed by atoms with E-state index in [1.54, 1.807) is 10.9 Å². The van der Waals surface area contributed by atoms with Gasteiger partial charge in [-0.15, -0.1) is 0 Å². The predicted octanol–water partition coefficient (Wildman–Crippen LogP) is 2.36. The summed E-state index contributed by atoms with van der Waals surface area (Å²) in [6, 6.07) is 1.69. The molecule has 0 bridgehead atoms. The highest BCUT2D eigenvalue weighted by Gasteiger charge is 2.41. The molecule has 1 atom stereocenters. The van der Waals surface area contributed by atoms with E-state index in [1.807, 2.05) is 19.2 Å². The van der Waals surface area contributed by atoms with E-state index in [-0.39, 0.29) is 17.5 Å². The van der Waals surface area contributed by atoms with Gasteiger partial charge in [-0.2, -0.15) is 5.10 Å². The fraction of sp³-hybridized carbons (Fsp3) is 0.765. The second-order valence-corrected chi connectivity index (χ2v) is 6.75. The first-order valence-electron chi connectivity index (χ1n) is 8.77. The zero-order valence-corrected chi connectivity index (χ0v) is 13.6. The summed E-state index contributed by atoms with van der Waals surface area (Å²) in [4.78, 5) is 15.2. The largest absolute Gasteiger partial charge is 0.352 e. The van der Waals surface area contributed by atoms with Crippen LogP contribution >= 0.6 is 0 Å². The molecule has 22 heavy (non-hydrogen) atoms. The molecule has 0 radical (unpaired) electrons. The Morgan fingerprint density at radius 1 is 1.27 bits per heavy atom. The highest BCUT2D eigenvalue weighted by Crippen LogP contribution is 2.37.